The summed E-state index contributed by atoms with van der Waals surface area (Å²) in [4.78, 5) is 12.0. The first-order chi connectivity index (χ1) is 8.18. The molecule has 2 aromatic rings. The Kier molecular flexibility index (Phi) is 3.38. The first-order valence-corrected chi connectivity index (χ1v) is 5.71. The minimum atomic E-state index is 0.0834. The molecule has 3 nitrogen and oxygen atoms in total. The van der Waals surface area contributed by atoms with Gasteiger partial charge in [0.1, 0.15) is 0 Å². The fraction of sp³-hybridized carbons (Fsp3) is 0.286. The monoisotopic (exact) mass is 229 g/mol. The Morgan fingerprint density at radius 2 is 2.00 bits per heavy atom. The largest absolute Gasteiger partial charge is 0.356 e. The van der Waals surface area contributed by atoms with Gasteiger partial charge in [0.05, 0.1) is 11.8 Å². The molecule has 17 heavy (non-hydrogen) atoms. The van der Waals surface area contributed by atoms with E-state index in [9.17, 15) is 4.79 Å². The summed E-state index contributed by atoms with van der Waals surface area (Å²) in [7, 11) is 0. The fourth-order valence-corrected chi connectivity index (χ4v) is 1.72. The van der Waals surface area contributed by atoms with Crippen LogP contribution in [0.15, 0.2) is 41.1 Å². The maximum absolute atomic E-state index is 12.0. The topological polar surface area (TPSA) is 43.1 Å². The van der Waals surface area contributed by atoms with Crippen LogP contribution in [0.5, 0.6) is 0 Å². The molecule has 0 aliphatic rings. The fourth-order valence-electron chi connectivity index (χ4n) is 1.72. The van der Waals surface area contributed by atoms with Crippen molar-refractivity contribution in [2.75, 3.05) is 0 Å². The Morgan fingerprint density at radius 1 is 1.29 bits per heavy atom. The molecular formula is C14H15NO2. The zero-order valence-electron chi connectivity index (χ0n) is 10.0. The molecule has 0 unspecified atom stereocenters. The van der Waals surface area contributed by atoms with Crippen LogP contribution in [0.2, 0.25) is 0 Å². The molecule has 0 fully saturated rings. The molecule has 0 atom stereocenters. The third kappa shape index (κ3) is 2.61. The highest BCUT2D eigenvalue weighted by Crippen LogP contribution is 2.24. The number of rotatable bonds is 4. The van der Waals surface area contributed by atoms with Crippen LogP contribution < -0.4 is 0 Å². The third-order valence-electron chi connectivity index (χ3n) is 2.50. The molecule has 0 radical (unpaired) electrons. The number of ketones is 1. The minimum Gasteiger partial charge on any atom is -0.356 e. The van der Waals surface area contributed by atoms with Gasteiger partial charge in [-0.05, 0) is 5.92 Å². The summed E-state index contributed by atoms with van der Waals surface area (Å²) < 4.78 is 5.18. The number of hydrogen-bond donors (Lipinski definition) is 0. The van der Waals surface area contributed by atoms with E-state index in [1.807, 2.05) is 44.2 Å². The lowest BCUT2D eigenvalue weighted by Gasteiger charge is -2.03. The van der Waals surface area contributed by atoms with Crippen LogP contribution in [0, 0.1) is 5.92 Å². The van der Waals surface area contributed by atoms with Crippen LogP contribution in [0.3, 0.4) is 0 Å². The Labute approximate surface area is 100 Å². The van der Waals surface area contributed by atoms with E-state index in [-0.39, 0.29) is 5.78 Å². The van der Waals surface area contributed by atoms with Crippen molar-refractivity contribution in [3.05, 3.63) is 42.1 Å². The Hall–Kier alpha value is -1.90. The van der Waals surface area contributed by atoms with E-state index >= 15 is 0 Å². The molecule has 0 saturated heterocycles. The zero-order valence-corrected chi connectivity index (χ0v) is 10.0. The highest BCUT2D eigenvalue weighted by atomic mass is 16.5. The standard InChI is InChI=1S/C14H15NO2/c1-10(2)8-13(16)12-9-15-17-14(12)11-6-4-3-5-7-11/h3-7,9-10H,8H2,1-2H3. The van der Waals surface area contributed by atoms with Crippen molar-refractivity contribution in [3.63, 3.8) is 0 Å². The van der Waals surface area contributed by atoms with Crippen molar-refractivity contribution < 1.29 is 9.32 Å². The Morgan fingerprint density at radius 3 is 2.65 bits per heavy atom. The van der Waals surface area contributed by atoms with Gasteiger partial charge in [0.15, 0.2) is 11.5 Å². The number of aromatic nitrogens is 1. The van der Waals surface area contributed by atoms with Crippen LogP contribution >= 0.6 is 0 Å². The van der Waals surface area contributed by atoms with Gasteiger partial charge in [-0.15, -0.1) is 0 Å². The Bertz CT molecular complexity index is 500. The lowest BCUT2D eigenvalue weighted by molar-refractivity contribution is 0.0968. The molecule has 1 aromatic carbocycles. The van der Waals surface area contributed by atoms with Gasteiger partial charge < -0.3 is 4.52 Å². The van der Waals surface area contributed by atoms with Crippen LogP contribution in [0.1, 0.15) is 30.6 Å². The van der Waals surface area contributed by atoms with Gasteiger partial charge in [-0.25, -0.2) is 0 Å². The van der Waals surface area contributed by atoms with Gasteiger partial charge in [0, 0.05) is 12.0 Å². The molecule has 1 heterocycles. The van der Waals surface area contributed by atoms with Crippen molar-refractivity contribution in [2.24, 2.45) is 5.92 Å². The predicted molar refractivity (Wildman–Crippen MR) is 65.7 cm³/mol. The van der Waals surface area contributed by atoms with Crippen molar-refractivity contribution in [2.45, 2.75) is 20.3 Å². The lowest BCUT2D eigenvalue weighted by Crippen LogP contribution is -2.03. The number of benzene rings is 1. The van der Waals surface area contributed by atoms with Crippen LogP contribution in [-0.2, 0) is 0 Å². The van der Waals surface area contributed by atoms with Crippen molar-refractivity contribution in [1.82, 2.24) is 5.16 Å². The molecule has 0 aliphatic heterocycles. The summed E-state index contributed by atoms with van der Waals surface area (Å²) in [5.41, 5.74) is 1.46. The van der Waals surface area contributed by atoms with Gasteiger partial charge in [-0.1, -0.05) is 49.3 Å². The van der Waals surface area contributed by atoms with Gasteiger partial charge in [-0.2, -0.15) is 0 Å². The zero-order chi connectivity index (χ0) is 12.3. The number of carbonyl (C=O) groups excluding carboxylic acids is 1. The first kappa shape index (κ1) is 11.6. The predicted octanol–water partition coefficient (Wildman–Crippen LogP) is 3.57. The number of carbonyl (C=O) groups is 1. The van der Waals surface area contributed by atoms with E-state index in [1.165, 1.54) is 6.20 Å². The van der Waals surface area contributed by atoms with E-state index in [0.717, 1.165) is 5.56 Å². The SMILES string of the molecule is CC(C)CC(=O)c1cnoc1-c1ccccc1. The average Bonchev–Trinajstić information content (AvgIpc) is 2.78. The molecule has 0 bridgehead atoms. The Balaban J connectivity index is 2.32. The van der Waals surface area contributed by atoms with E-state index in [2.05, 4.69) is 5.16 Å². The summed E-state index contributed by atoms with van der Waals surface area (Å²) in [6.07, 6.45) is 2.02. The highest BCUT2D eigenvalue weighted by Gasteiger charge is 2.18. The molecule has 0 amide bonds. The van der Waals surface area contributed by atoms with E-state index in [4.69, 9.17) is 4.52 Å². The molecule has 1 aromatic heterocycles. The second-order valence-corrected chi connectivity index (χ2v) is 4.46. The molecule has 88 valence electrons. The minimum absolute atomic E-state index is 0.0834. The van der Waals surface area contributed by atoms with E-state index in [1.54, 1.807) is 0 Å². The summed E-state index contributed by atoms with van der Waals surface area (Å²) in [5, 5.41) is 3.73. The number of Topliss-reactive ketones (excluding diaryl/α,β-unsaturated/α-hetero) is 1. The quantitative estimate of drug-likeness (QED) is 0.753. The number of hydrogen-bond acceptors (Lipinski definition) is 3. The summed E-state index contributed by atoms with van der Waals surface area (Å²) in [6, 6.07) is 9.57. The van der Waals surface area contributed by atoms with Gasteiger partial charge in [-0.3, -0.25) is 4.79 Å². The summed E-state index contributed by atoms with van der Waals surface area (Å²) >= 11 is 0. The van der Waals surface area contributed by atoms with Gasteiger partial charge >= 0.3 is 0 Å². The van der Waals surface area contributed by atoms with Crippen LogP contribution in [0.25, 0.3) is 11.3 Å². The normalized spacial score (nSPS) is 10.8. The molecule has 0 aliphatic carbocycles. The first-order valence-electron chi connectivity index (χ1n) is 5.71. The lowest BCUT2D eigenvalue weighted by atomic mass is 9.99. The van der Waals surface area contributed by atoms with Crippen LogP contribution in [-0.4, -0.2) is 10.9 Å². The van der Waals surface area contributed by atoms with Crippen molar-refractivity contribution in [1.29, 1.82) is 0 Å². The third-order valence-corrected chi connectivity index (χ3v) is 2.50. The van der Waals surface area contributed by atoms with Crippen molar-refractivity contribution in [3.8, 4) is 11.3 Å². The summed E-state index contributed by atoms with van der Waals surface area (Å²) in [6.45, 7) is 4.04. The van der Waals surface area contributed by atoms with Crippen LogP contribution in [0.4, 0.5) is 0 Å². The molecule has 3 heteroatoms. The van der Waals surface area contributed by atoms with E-state index < -0.39 is 0 Å². The van der Waals surface area contributed by atoms with Gasteiger partial charge in [0.25, 0.3) is 0 Å². The second-order valence-electron chi connectivity index (χ2n) is 4.46. The average molecular weight is 229 g/mol. The molecule has 0 saturated carbocycles. The van der Waals surface area contributed by atoms with Crippen molar-refractivity contribution >= 4 is 5.78 Å². The molecule has 0 N–H and O–H groups in total. The molecular weight excluding hydrogens is 214 g/mol. The maximum atomic E-state index is 12.0. The number of nitrogens with zero attached hydrogens (tertiary/aromatic N) is 1. The summed E-state index contributed by atoms with van der Waals surface area (Å²) in [5.74, 6) is 0.984. The van der Waals surface area contributed by atoms with Gasteiger partial charge in [0.2, 0.25) is 0 Å². The molecule has 0 spiro atoms. The second kappa shape index (κ2) is 4.95. The maximum Gasteiger partial charge on any atom is 0.177 e. The smallest absolute Gasteiger partial charge is 0.177 e. The van der Waals surface area contributed by atoms with E-state index in [0.29, 0.717) is 23.7 Å². The highest BCUT2D eigenvalue weighted by molar-refractivity contribution is 6.00. The molecule has 2 rings (SSSR count).